The molecule has 11 heteroatoms. The zero-order valence-electron chi connectivity index (χ0n) is 23.9. The van der Waals surface area contributed by atoms with Crippen LogP contribution in [0.3, 0.4) is 0 Å². The highest BCUT2D eigenvalue weighted by atomic mass is 16.6. The van der Waals surface area contributed by atoms with E-state index in [9.17, 15) is 9.59 Å². The number of hydrogen-bond acceptors (Lipinski definition) is 8. The lowest BCUT2D eigenvalue weighted by atomic mass is 9.97. The van der Waals surface area contributed by atoms with E-state index in [1.165, 1.54) is 0 Å². The first-order chi connectivity index (χ1) is 19.7. The normalized spacial score (nSPS) is 17.0. The monoisotopic (exact) mass is 556 g/mol. The van der Waals surface area contributed by atoms with Crippen molar-refractivity contribution >= 4 is 29.9 Å². The fourth-order valence-electron chi connectivity index (χ4n) is 4.73. The molecule has 0 radical (unpaired) electrons. The van der Waals surface area contributed by atoms with Gasteiger partial charge in [-0.05, 0) is 64.4 Å². The van der Waals surface area contributed by atoms with Crippen molar-refractivity contribution in [1.82, 2.24) is 29.5 Å². The average molecular weight is 557 g/mol. The number of carbonyl (C=O) groups excluding carboxylic acids is 2. The highest BCUT2D eigenvalue weighted by Gasteiger charge is 2.28. The molecule has 41 heavy (non-hydrogen) atoms. The van der Waals surface area contributed by atoms with Crippen LogP contribution in [-0.4, -0.2) is 79.5 Å². The van der Waals surface area contributed by atoms with Crippen LogP contribution in [0.25, 0.3) is 11.3 Å². The molecule has 1 N–H and O–H groups in total. The number of amides is 2. The van der Waals surface area contributed by atoms with Crippen LogP contribution in [0.2, 0.25) is 0 Å². The quantitative estimate of drug-likeness (QED) is 0.460. The van der Waals surface area contributed by atoms with E-state index >= 15 is 0 Å². The number of rotatable bonds is 6. The van der Waals surface area contributed by atoms with Gasteiger partial charge in [-0.25, -0.2) is 14.8 Å². The number of benzene rings is 1. The molecule has 3 aromatic rings. The number of aliphatic imine (C=N–C) groups is 1. The molecule has 0 aliphatic carbocycles. The number of carbonyl (C=O) groups is 2. The summed E-state index contributed by atoms with van der Waals surface area (Å²) < 4.78 is 7.36. The zero-order valence-corrected chi connectivity index (χ0v) is 23.9. The highest BCUT2D eigenvalue weighted by Crippen LogP contribution is 2.30. The van der Waals surface area contributed by atoms with Gasteiger partial charge in [-0.2, -0.15) is 5.10 Å². The molecule has 1 saturated heterocycles. The van der Waals surface area contributed by atoms with Gasteiger partial charge in [0.05, 0.1) is 11.4 Å². The second-order valence-corrected chi connectivity index (χ2v) is 11.0. The lowest BCUT2D eigenvalue weighted by molar-refractivity contribution is 0.0141. The summed E-state index contributed by atoms with van der Waals surface area (Å²) in [4.78, 5) is 42.3. The summed E-state index contributed by atoms with van der Waals surface area (Å²) >= 11 is 0. The Labute approximate surface area is 239 Å². The SMILES string of the molecule is CCn1cc(-c2ccnc(Nc3ccc(C(=O)N4CCN(C(=O)OC(C)(C)C)CC4)cc3)n2)c(C2C=NC=CC2)n1. The predicted molar refractivity (Wildman–Crippen MR) is 157 cm³/mol. The molecule has 1 atom stereocenters. The van der Waals surface area contributed by atoms with Crippen LogP contribution in [0.5, 0.6) is 0 Å². The Balaban J connectivity index is 1.23. The molecule has 2 aliphatic rings. The molecule has 5 rings (SSSR count). The van der Waals surface area contributed by atoms with E-state index in [4.69, 9.17) is 14.8 Å². The number of ether oxygens (including phenoxy) is 1. The van der Waals surface area contributed by atoms with Crippen LogP contribution >= 0.6 is 0 Å². The number of aryl methyl sites for hydroxylation is 1. The number of piperazine rings is 1. The maximum atomic E-state index is 13.1. The van der Waals surface area contributed by atoms with Crippen LogP contribution in [0, 0.1) is 0 Å². The van der Waals surface area contributed by atoms with Crippen molar-refractivity contribution < 1.29 is 14.3 Å². The van der Waals surface area contributed by atoms with Crippen molar-refractivity contribution in [3.05, 3.63) is 66.3 Å². The van der Waals surface area contributed by atoms with Gasteiger partial charge < -0.3 is 19.9 Å². The van der Waals surface area contributed by atoms with Crippen LogP contribution in [0.1, 0.15) is 56.1 Å². The number of hydrogen-bond donors (Lipinski definition) is 1. The van der Waals surface area contributed by atoms with Crippen LogP contribution in [0.4, 0.5) is 16.4 Å². The van der Waals surface area contributed by atoms with Gasteiger partial charge in [-0.15, -0.1) is 0 Å². The van der Waals surface area contributed by atoms with Crippen LogP contribution in [0.15, 0.2) is 60.0 Å². The molecule has 214 valence electrons. The molecular weight excluding hydrogens is 520 g/mol. The summed E-state index contributed by atoms with van der Waals surface area (Å²) in [5.41, 5.74) is 3.47. The Kier molecular flexibility index (Phi) is 8.14. The molecule has 1 unspecified atom stereocenters. The van der Waals surface area contributed by atoms with Crippen molar-refractivity contribution in [2.24, 2.45) is 4.99 Å². The van der Waals surface area contributed by atoms with Gasteiger partial charge >= 0.3 is 6.09 Å². The molecule has 2 amide bonds. The standard InChI is InChI=1S/C30H36N8O3/c1-5-38-20-24(26(35-38)22-7-6-13-31-19-22)25-12-14-32-28(34-25)33-23-10-8-21(9-11-23)27(39)36-15-17-37(18-16-36)29(40)41-30(2,3)4/h6,8-14,19-20,22H,5,7,15-18H2,1-4H3,(H,32,33,34). The van der Waals surface area contributed by atoms with E-state index in [1.54, 1.807) is 28.1 Å². The Bertz CT molecular complexity index is 1450. The molecule has 0 spiro atoms. The van der Waals surface area contributed by atoms with E-state index in [0.29, 0.717) is 37.7 Å². The maximum absolute atomic E-state index is 13.1. The summed E-state index contributed by atoms with van der Waals surface area (Å²) in [5.74, 6) is 0.479. The van der Waals surface area contributed by atoms with Crippen molar-refractivity contribution in [2.45, 2.75) is 52.2 Å². The van der Waals surface area contributed by atoms with Crippen molar-refractivity contribution in [2.75, 3.05) is 31.5 Å². The Morgan fingerprint density at radius 1 is 1.05 bits per heavy atom. The number of nitrogens with zero attached hydrogens (tertiary/aromatic N) is 7. The fourth-order valence-corrected chi connectivity index (χ4v) is 4.73. The Morgan fingerprint density at radius 2 is 1.78 bits per heavy atom. The fraction of sp³-hybridized carbons (Fsp3) is 0.400. The number of nitrogens with one attached hydrogen (secondary N) is 1. The van der Waals surface area contributed by atoms with Crippen molar-refractivity contribution in [3.8, 4) is 11.3 Å². The minimum atomic E-state index is -0.546. The highest BCUT2D eigenvalue weighted by molar-refractivity contribution is 5.94. The molecule has 0 bridgehead atoms. The molecule has 0 saturated carbocycles. The topological polar surface area (TPSA) is 118 Å². The van der Waals surface area contributed by atoms with Crippen molar-refractivity contribution in [3.63, 3.8) is 0 Å². The molecule has 2 aromatic heterocycles. The van der Waals surface area contributed by atoms with Gasteiger partial charge in [-0.3, -0.25) is 14.5 Å². The molecule has 4 heterocycles. The summed E-state index contributed by atoms with van der Waals surface area (Å²) in [6, 6.07) is 9.13. The van der Waals surface area contributed by atoms with Gasteiger partial charge in [-0.1, -0.05) is 6.08 Å². The van der Waals surface area contributed by atoms with Crippen molar-refractivity contribution in [1.29, 1.82) is 0 Å². The van der Waals surface area contributed by atoms with Gasteiger partial charge in [0.15, 0.2) is 0 Å². The minimum Gasteiger partial charge on any atom is -0.444 e. The lowest BCUT2D eigenvalue weighted by Gasteiger charge is -2.35. The number of aromatic nitrogens is 4. The Morgan fingerprint density at radius 3 is 2.44 bits per heavy atom. The Hall–Kier alpha value is -4.54. The lowest BCUT2D eigenvalue weighted by Crippen LogP contribution is -2.51. The van der Waals surface area contributed by atoms with E-state index in [-0.39, 0.29) is 17.9 Å². The molecule has 1 fully saturated rings. The van der Waals surface area contributed by atoms with Gasteiger partial charge in [0.25, 0.3) is 5.91 Å². The van der Waals surface area contributed by atoms with Gasteiger partial charge in [0.1, 0.15) is 5.60 Å². The zero-order chi connectivity index (χ0) is 29.0. The van der Waals surface area contributed by atoms with E-state index in [0.717, 1.165) is 35.6 Å². The first-order valence-corrected chi connectivity index (χ1v) is 13.9. The van der Waals surface area contributed by atoms with Gasteiger partial charge in [0, 0.05) is 80.3 Å². The van der Waals surface area contributed by atoms with Crippen LogP contribution in [-0.2, 0) is 11.3 Å². The third kappa shape index (κ3) is 6.79. The second-order valence-electron chi connectivity index (χ2n) is 11.0. The van der Waals surface area contributed by atoms with E-state index in [1.807, 2.05) is 68.3 Å². The maximum Gasteiger partial charge on any atom is 0.410 e. The number of allylic oxidation sites excluding steroid dienone is 1. The summed E-state index contributed by atoms with van der Waals surface area (Å²) in [7, 11) is 0. The smallest absolute Gasteiger partial charge is 0.410 e. The summed E-state index contributed by atoms with van der Waals surface area (Å²) in [6.45, 7) is 10.1. The first-order valence-electron chi connectivity index (χ1n) is 13.9. The minimum absolute atomic E-state index is 0.0693. The van der Waals surface area contributed by atoms with E-state index in [2.05, 4.69) is 22.2 Å². The molecule has 1 aromatic carbocycles. The molecule has 11 nitrogen and oxygen atoms in total. The summed E-state index contributed by atoms with van der Waals surface area (Å²) in [5, 5.41) is 8.03. The van der Waals surface area contributed by atoms with E-state index < -0.39 is 5.60 Å². The largest absolute Gasteiger partial charge is 0.444 e. The predicted octanol–water partition coefficient (Wildman–Crippen LogP) is 4.87. The van der Waals surface area contributed by atoms with Gasteiger partial charge in [0.2, 0.25) is 5.95 Å². The molecular formula is C30H36N8O3. The second kappa shape index (κ2) is 11.9. The first kappa shape index (κ1) is 28.0. The average Bonchev–Trinajstić information content (AvgIpc) is 3.42. The number of anilines is 2. The summed E-state index contributed by atoms with van der Waals surface area (Å²) in [6.07, 6.45) is 10.0. The molecule has 2 aliphatic heterocycles. The third-order valence-corrected chi connectivity index (χ3v) is 6.85. The van der Waals surface area contributed by atoms with Crippen LogP contribution < -0.4 is 5.32 Å². The third-order valence-electron chi connectivity index (χ3n) is 6.85.